The predicted molar refractivity (Wildman–Crippen MR) is 107 cm³/mol. The Morgan fingerprint density at radius 2 is 1.08 bits per heavy atom. The monoisotopic (exact) mass is 415 g/mol. The van der Waals surface area contributed by atoms with Crippen molar-refractivity contribution in [2.45, 2.75) is 47.1 Å². The first-order valence-corrected chi connectivity index (χ1v) is 8.28. The van der Waals surface area contributed by atoms with Gasteiger partial charge in [0.15, 0.2) is 0 Å². The van der Waals surface area contributed by atoms with Crippen LogP contribution in [0, 0.1) is 27.7 Å². The third-order valence-electron chi connectivity index (χ3n) is 2.90. The number of aryl methyl sites for hydroxylation is 4. The van der Waals surface area contributed by atoms with Gasteiger partial charge in [-0.15, -0.1) is 0 Å². The van der Waals surface area contributed by atoms with Crippen LogP contribution in [0.25, 0.3) is 16.0 Å². The molecule has 2 aromatic carbocycles. The maximum atomic E-state index is 8.79. The van der Waals surface area contributed by atoms with Gasteiger partial charge in [-0.2, -0.15) is 0 Å². The number of aliphatic hydroxyl groups excluding tert-OH is 1. The van der Waals surface area contributed by atoms with Gasteiger partial charge in [0, 0.05) is 5.33 Å². The number of nitrogens with zero attached hydrogens (tertiary/aromatic N) is 3. The van der Waals surface area contributed by atoms with E-state index in [1.54, 1.807) is 0 Å². The third kappa shape index (κ3) is 14.1. The molecular weight excluding hydrogens is 389 g/mol. The number of hydrogen-bond donors (Lipinski definition) is 1. The molecule has 4 nitrogen and oxygen atoms in total. The summed E-state index contributed by atoms with van der Waals surface area (Å²) < 4.78 is 0. The maximum Gasteiger partial charge on any atom is 1.00 e. The van der Waals surface area contributed by atoms with Crippen molar-refractivity contribution in [3.05, 3.63) is 85.8 Å². The number of halogens is 1. The van der Waals surface area contributed by atoms with Gasteiger partial charge in [0.2, 0.25) is 0 Å². The number of benzene rings is 2. The minimum atomic E-state index is 0. The molecule has 0 saturated heterocycles. The molecular formula is C19H27BrN3NaO. The Morgan fingerprint density at radius 1 is 0.800 bits per heavy atom. The van der Waals surface area contributed by atoms with Gasteiger partial charge in [-0.3, -0.25) is 4.91 Å². The Morgan fingerprint density at radius 3 is 1.32 bits per heavy atom. The molecule has 0 saturated carbocycles. The van der Waals surface area contributed by atoms with Crippen LogP contribution in [0.15, 0.2) is 36.4 Å². The Hall–Kier alpha value is -0.810. The second-order valence-corrected chi connectivity index (χ2v) is 5.93. The number of hydrogen-bond acceptors (Lipinski definition) is 1. The van der Waals surface area contributed by atoms with Crippen molar-refractivity contribution in [2.24, 2.45) is 0 Å². The van der Waals surface area contributed by atoms with E-state index in [-0.39, 0.29) is 43.6 Å². The summed E-state index contributed by atoms with van der Waals surface area (Å²) >= 11 is 3.43. The fraction of sp³-hybridized carbons (Fsp3) is 0.368. The molecule has 0 radical (unpaired) electrons. The van der Waals surface area contributed by atoms with E-state index in [0.717, 1.165) is 10.9 Å². The summed E-state index contributed by atoms with van der Waals surface area (Å²) in [7, 11) is 0. The molecule has 2 rings (SSSR count). The normalized spacial score (nSPS) is 8.24. The van der Waals surface area contributed by atoms with Crippen LogP contribution in [0.4, 0.5) is 0 Å². The summed E-state index contributed by atoms with van der Waals surface area (Å²) in [6.07, 6.45) is 0. The van der Waals surface area contributed by atoms with E-state index in [9.17, 15) is 0 Å². The Balaban J connectivity index is -0.000000313. The van der Waals surface area contributed by atoms with Crippen molar-refractivity contribution >= 4 is 15.9 Å². The molecule has 0 atom stereocenters. The number of rotatable bonds is 2. The van der Waals surface area contributed by atoms with Crippen LogP contribution in [0.3, 0.4) is 0 Å². The van der Waals surface area contributed by atoms with Gasteiger partial charge in [0.25, 0.3) is 0 Å². The first kappa shape index (κ1) is 29.0. The van der Waals surface area contributed by atoms with Gasteiger partial charge in [-0.1, -0.05) is 82.0 Å². The molecule has 0 heterocycles. The zero-order valence-corrected chi connectivity index (χ0v) is 18.6. The fourth-order valence-electron chi connectivity index (χ4n) is 2.31. The van der Waals surface area contributed by atoms with Crippen LogP contribution >= 0.6 is 15.9 Å². The second kappa shape index (κ2) is 16.6. The quantitative estimate of drug-likeness (QED) is 0.263. The smallest absolute Gasteiger partial charge is 0.392 e. The molecule has 0 spiro atoms. The van der Waals surface area contributed by atoms with E-state index >= 15 is 0 Å². The second-order valence-electron chi connectivity index (χ2n) is 5.37. The van der Waals surface area contributed by atoms with E-state index in [1.165, 1.54) is 32.7 Å². The Kier molecular flexibility index (Phi) is 19.3. The Bertz CT molecular complexity index is 565. The van der Waals surface area contributed by atoms with Crippen LogP contribution in [0.5, 0.6) is 0 Å². The summed E-state index contributed by atoms with van der Waals surface area (Å²) in [4.78, 5) is 1.50. The molecule has 1 N–H and O–H groups in total. The third-order valence-corrected chi connectivity index (χ3v) is 3.55. The predicted octanol–water partition coefficient (Wildman–Crippen LogP) is 3.50. The fourth-order valence-corrected chi connectivity index (χ4v) is 2.63. The minimum absolute atomic E-state index is 0. The van der Waals surface area contributed by atoms with Crippen LogP contribution in [0.2, 0.25) is 0 Å². The van der Waals surface area contributed by atoms with Crippen LogP contribution in [-0.4, -0.2) is 5.11 Å². The van der Waals surface area contributed by atoms with Crippen molar-refractivity contribution in [1.82, 2.24) is 0 Å². The molecule has 6 heteroatoms. The molecule has 25 heavy (non-hydrogen) atoms. The van der Waals surface area contributed by atoms with Gasteiger partial charge in [0.1, 0.15) is 0 Å². The SMILES string of the molecule is C.Cc1cc(C)cc(CBr)c1.Cc1cc(C)cc(CO)c1.[N-]=[N+]=[N-].[Na+]. The van der Waals surface area contributed by atoms with Gasteiger partial charge in [-0.25, -0.2) is 0 Å². The van der Waals surface area contributed by atoms with Crippen molar-refractivity contribution in [3.8, 4) is 0 Å². The molecule has 0 bridgehead atoms. The summed E-state index contributed by atoms with van der Waals surface area (Å²) in [5, 5.41) is 9.74. The zero-order valence-electron chi connectivity index (χ0n) is 15.0. The van der Waals surface area contributed by atoms with Gasteiger partial charge in [0.05, 0.1) is 6.61 Å². The summed E-state index contributed by atoms with van der Waals surface area (Å²) in [5.41, 5.74) is 21.0. The molecule has 0 fully saturated rings. The van der Waals surface area contributed by atoms with Crippen LogP contribution in [-0.2, 0) is 11.9 Å². The molecule has 0 aromatic heterocycles. The molecule has 132 valence electrons. The Labute approximate surface area is 182 Å². The molecule has 2 aromatic rings. The van der Waals surface area contributed by atoms with E-state index < -0.39 is 0 Å². The first-order chi connectivity index (χ1) is 10.9. The van der Waals surface area contributed by atoms with Gasteiger partial charge < -0.3 is 16.2 Å². The van der Waals surface area contributed by atoms with E-state index in [2.05, 4.69) is 54.0 Å². The first-order valence-electron chi connectivity index (χ1n) is 7.15. The topological polar surface area (TPSA) is 78.9 Å². The maximum absolute atomic E-state index is 8.79. The average Bonchev–Trinajstić information content (AvgIpc) is 2.46. The standard InChI is InChI=1S/C9H11Br.C9H12O.CH4.N3.Na/c2*1-7-3-8(2)5-9(4-7)6-10;;1-3-2;/h3-5H,6H2,1-2H3;3-5,10H,6H2,1-2H3;1H4;;/q;;;-1;+1. The molecule has 0 aliphatic carbocycles. The molecule has 0 aliphatic rings. The van der Waals surface area contributed by atoms with E-state index in [4.69, 9.17) is 16.2 Å². The average molecular weight is 416 g/mol. The van der Waals surface area contributed by atoms with Crippen molar-refractivity contribution < 1.29 is 34.7 Å². The summed E-state index contributed by atoms with van der Waals surface area (Å²) in [6, 6.07) is 12.7. The molecule has 0 amide bonds. The van der Waals surface area contributed by atoms with Crippen LogP contribution < -0.4 is 29.6 Å². The molecule has 0 aliphatic heterocycles. The largest absolute Gasteiger partial charge is 1.00 e. The van der Waals surface area contributed by atoms with Crippen molar-refractivity contribution in [3.63, 3.8) is 0 Å². The van der Waals surface area contributed by atoms with E-state index in [1.807, 2.05) is 26.0 Å². The number of aliphatic hydroxyl groups is 1. The van der Waals surface area contributed by atoms with Crippen molar-refractivity contribution in [2.75, 3.05) is 0 Å². The van der Waals surface area contributed by atoms with Crippen molar-refractivity contribution in [1.29, 1.82) is 0 Å². The minimum Gasteiger partial charge on any atom is -0.392 e. The summed E-state index contributed by atoms with van der Waals surface area (Å²) in [5.74, 6) is 0. The van der Waals surface area contributed by atoms with Crippen LogP contribution in [0.1, 0.15) is 40.8 Å². The van der Waals surface area contributed by atoms with Gasteiger partial charge in [-0.05, 0) is 38.8 Å². The zero-order chi connectivity index (χ0) is 17.8. The molecule has 0 unspecified atom stereocenters. The number of alkyl halides is 1. The van der Waals surface area contributed by atoms with Gasteiger partial charge >= 0.3 is 29.6 Å². The summed E-state index contributed by atoms with van der Waals surface area (Å²) in [6.45, 7) is 8.46. The van der Waals surface area contributed by atoms with E-state index in [0.29, 0.717) is 0 Å².